The van der Waals surface area contributed by atoms with Gasteiger partial charge in [0.25, 0.3) is 5.91 Å². The van der Waals surface area contributed by atoms with Crippen molar-refractivity contribution in [3.8, 4) is 0 Å². The normalized spacial score (nSPS) is 13.5. The summed E-state index contributed by atoms with van der Waals surface area (Å²) in [4.78, 5) is 23.1. The van der Waals surface area contributed by atoms with E-state index in [9.17, 15) is 19.1 Å². The molecule has 0 heterocycles. The molecular weight excluding hydrogens is 253 g/mol. The van der Waals surface area contributed by atoms with Crippen molar-refractivity contribution in [1.29, 1.82) is 0 Å². The highest BCUT2D eigenvalue weighted by molar-refractivity contribution is 5.96. The molecule has 1 atom stereocenters. The Morgan fingerprint density at radius 3 is 2.63 bits per heavy atom. The third-order valence-corrected chi connectivity index (χ3v) is 2.65. The molecule has 1 unspecified atom stereocenters. The molecule has 0 radical (unpaired) electrons. The molecule has 0 saturated carbocycles. The topological polar surface area (TPSA) is 75.6 Å². The second-order valence-corrected chi connectivity index (χ2v) is 4.41. The molecule has 0 saturated heterocycles. The highest BCUT2D eigenvalue weighted by Gasteiger charge is 2.32. The second-order valence-electron chi connectivity index (χ2n) is 4.41. The van der Waals surface area contributed by atoms with E-state index < -0.39 is 23.3 Å². The maximum absolute atomic E-state index is 12.9. The second kappa shape index (κ2) is 5.79. The maximum atomic E-state index is 12.9. The number of benzene rings is 1. The summed E-state index contributed by atoms with van der Waals surface area (Å²) >= 11 is 0. The number of methoxy groups -OCH3 is 1. The number of hydrogen-bond acceptors (Lipinski definition) is 4. The van der Waals surface area contributed by atoms with Crippen molar-refractivity contribution in [1.82, 2.24) is 5.32 Å². The summed E-state index contributed by atoms with van der Waals surface area (Å²) in [5.74, 6) is -1.78. The predicted octanol–water partition coefficient (Wildman–Crippen LogP) is 0.788. The van der Waals surface area contributed by atoms with Crippen LogP contribution in [-0.2, 0) is 9.53 Å². The van der Waals surface area contributed by atoms with Gasteiger partial charge in [0.2, 0.25) is 0 Å². The van der Waals surface area contributed by atoms with E-state index >= 15 is 0 Å². The van der Waals surface area contributed by atoms with E-state index in [-0.39, 0.29) is 12.1 Å². The molecule has 0 fully saturated rings. The van der Waals surface area contributed by atoms with Gasteiger partial charge in [-0.3, -0.25) is 4.79 Å². The number of aryl methyl sites for hydroxylation is 1. The number of esters is 1. The molecule has 0 bridgehead atoms. The maximum Gasteiger partial charge on any atom is 0.339 e. The van der Waals surface area contributed by atoms with Crippen LogP contribution < -0.4 is 5.32 Å². The first-order chi connectivity index (χ1) is 8.77. The highest BCUT2D eigenvalue weighted by atomic mass is 19.1. The van der Waals surface area contributed by atoms with Crippen LogP contribution in [0.5, 0.6) is 0 Å². The van der Waals surface area contributed by atoms with Crippen LogP contribution in [0.4, 0.5) is 4.39 Å². The summed E-state index contributed by atoms with van der Waals surface area (Å²) < 4.78 is 17.3. The Balaban J connectivity index is 2.73. The molecule has 1 amide bonds. The van der Waals surface area contributed by atoms with Crippen LogP contribution in [0.25, 0.3) is 0 Å². The zero-order valence-electron chi connectivity index (χ0n) is 11.0. The van der Waals surface area contributed by atoms with Gasteiger partial charge in [-0.25, -0.2) is 9.18 Å². The smallest absolute Gasteiger partial charge is 0.339 e. The highest BCUT2D eigenvalue weighted by Crippen LogP contribution is 2.11. The number of ether oxygens (including phenoxy) is 1. The lowest BCUT2D eigenvalue weighted by atomic mass is 10.1. The van der Waals surface area contributed by atoms with Crippen LogP contribution in [0.3, 0.4) is 0 Å². The summed E-state index contributed by atoms with van der Waals surface area (Å²) in [6, 6.07) is 3.74. The summed E-state index contributed by atoms with van der Waals surface area (Å²) in [6.07, 6.45) is 0. The van der Waals surface area contributed by atoms with Crippen molar-refractivity contribution < 1.29 is 23.8 Å². The molecule has 104 valence electrons. The van der Waals surface area contributed by atoms with Gasteiger partial charge in [-0.1, -0.05) is 0 Å². The molecule has 0 aliphatic rings. The number of carbonyl (C=O) groups excluding carboxylic acids is 2. The lowest BCUT2D eigenvalue weighted by Crippen LogP contribution is -2.47. The minimum Gasteiger partial charge on any atom is -0.467 e. The Kier molecular flexibility index (Phi) is 4.61. The van der Waals surface area contributed by atoms with Gasteiger partial charge in [-0.2, -0.15) is 0 Å². The Bertz CT molecular complexity index is 499. The molecule has 0 aliphatic carbocycles. The van der Waals surface area contributed by atoms with Crippen molar-refractivity contribution in [2.45, 2.75) is 19.4 Å². The zero-order chi connectivity index (χ0) is 14.6. The Hall–Kier alpha value is -1.95. The van der Waals surface area contributed by atoms with Crippen LogP contribution >= 0.6 is 0 Å². The number of nitrogens with one attached hydrogen (secondary N) is 1. The largest absolute Gasteiger partial charge is 0.467 e. The molecule has 19 heavy (non-hydrogen) atoms. The number of hydrogen-bond donors (Lipinski definition) is 2. The Labute approximate surface area is 110 Å². The molecule has 2 N–H and O–H groups in total. The van der Waals surface area contributed by atoms with E-state index in [0.717, 1.165) is 7.11 Å². The Morgan fingerprint density at radius 2 is 2.11 bits per heavy atom. The predicted molar refractivity (Wildman–Crippen MR) is 66.1 cm³/mol. The summed E-state index contributed by atoms with van der Waals surface area (Å²) in [5.41, 5.74) is -1.06. The van der Waals surface area contributed by atoms with E-state index in [1.807, 2.05) is 0 Å². The molecule has 0 spiro atoms. The molecule has 1 aromatic carbocycles. The first kappa shape index (κ1) is 15.1. The third-order valence-electron chi connectivity index (χ3n) is 2.65. The number of carbonyl (C=O) groups is 2. The van der Waals surface area contributed by atoms with E-state index in [0.29, 0.717) is 5.56 Å². The average Bonchev–Trinajstić information content (AvgIpc) is 2.35. The van der Waals surface area contributed by atoms with Gasteiger partial charge in [-0.15, -0.1) is 0 Å². The van der Waals surface area contributed by atoms with Crippen LogP contribution in [0, 0.1) is 12.7 Å². The minimum absolute atomic E-state index is 0.280. The standard InChI is InChI=1S/C13H16FNO4/c1-8-6-9(14)4-5-10(8)11(16)15-7-13(2,18)12(17)19-3/h4-6,18H,7H2,1-3H3,(H,15,16). The fourth-order valence-corrected chi connectivity index (χ4v) is 1.52. The van der Waals surface area contributed by atoms with Gasteiger partial charge in [0, 0.05) is 5.56 Å². The van der Waals surface area contributed by atoms with Crippen molar-refractivity contribution in [2.24, 2.45) is 0 Å². The van der Waals surface area contributed by atoms with Gasteiger partial charge >= 0.3 is 5.97 Å². The number of aliphatic hydroxyl groups is 1. The zero-order valence-corrected chi connectivity index (χ0v) is 11.0. The van der Waals surface area contributed by atoms with Crippen LogP contribution in [0.1, 0.15) is 22.8 Å². The van der Waals surface area contributed by atoms with E-state index in [1.165, 1.54) is 25.1 Å². The number of halogens is 1. The molecule has 0 aliphatic heterocycles. The third kappa shape index (κ3) is 3.75. The van der Waals surface area contributed by atoms with Crippen molar-refractivity contribution >= 4 is 11.9 Å². The van der Waals surface area contributed by atoms with Gasteiger partial charge < -0.3 is 15.2 Å². The van der Waals surface area contributed by atoms with E-state index in [2.05, 4.69) is 10.1 Å². The molecule has 0 aromatic heterocycles. The fraction of sp³-hybridized carbons (Fsp3) is 0.385. The number of rotatable bonds is 4. The average molecular weight is 269 g/mol. The molecular formula is C13H16FNO4. The van der Waals surface area contributed by atoms with E-state index in [4.69, 9.17) is 0 Å². The lowest BCUT2D eigenvalue weighted by Gasteiger charge is -2.20. The minimum atomic E-state index is -1.81. The van der Waals surface area contributed by atoms with Crippen LogP contribution in [-0.4, -0.2) is 36.2 Å². The molecule has 5 nitrogen and oxygen atoms in total. The quantitative estimate of drug-likeness (QED) is 0.792. The summed E-state index contributed by atoms with van der Waals surface area (Å²) in [7, 11) is 1.14. The first-order valence-electron chi connectivity index (χ1n) is 5.63. The molecule has 1 aromatic rings. The first-order valence-corrected chi connectivity index (χ1v) is 5.63. The van der Waals surface area contributed by atoms with Gasteiger partial charge in [-0.05, 0) is 37.6 Å². The van der Waals surface area contributed by atoms with E-state index in [1.54, 1.807) is 6.92 Å². The molecule has 6 heteroatoms. The van der Waals surface area contributed by atoms with Crippen molar-refractivity contribution in [3.05, 3.63) is 35.1 Å². The Morgan fingerprint density at radius 1 is 1.47 bits per heavy atom. The monoisotopic (exact) mass is 269 g/mol. The lowest BCUT2D eigenvalue weighted by molar-refractivity contribution is -0.159. The van der Waals surface area contributed by atoms with Crippen molar-refractivity contribution in [3.63, 3.8) is 0 Å². The van der Waals surface area contributed by atoms with Crippen LogP contribution in [0.15, 0.2) is 18.2 Å². The van der Waals surface area contributed by atoms with Gasteiger partial charge in [0.1, 0.15) is 5.82 Å². The molecule has 1 rings (SSSR count). The fourth-order valence-electron chi connectivity index (χ4n) is 1.52. The SMILES string of the molecule is COC(=O)C(C)(O)CNC(=O)c1ccc(F)cc1C. The van der Waals surface area contributed by atoms with Crippen molar-refractivity contribution in [2.75, 3.05) is 13.7 Å². The van der Waals surface area contributed by atoms with Gasteiger partial charge in [0.15, 0.2) is 5.60 Å². The van der Waals surface area contributed by atoms with Gasteiger partial charge in [0.05, 0.1) is 13.7 Å². The van der Waals surface area contributed by atoms with Crippen LogP contribution in [0.2, 0.25) is 0 Å². The number of amides is 1. The summed E-state index contributed by atoms with van der Waals surface area (Å²) in [6.45, 7) is 2.53. The summed E-state index contributed by atoms with van der Waals surface area (Å²) in [5, 5.41) is 12.1.